The van der Waals surface area contributed by atoms with Crippen molar-refractivity contribution in [3.63, 3.8) is 0 Å². The summed E-state index contributed by atoms with van der Waals surface area (Å²) < 4.78 is 15.3. The molecule has 0 bridgehead atoms. The van der Waals surface area contributed by atoms with Gasteiger partial charge in [0.05, 0.1) is 6.33 Å². The van der Waals surface area contributed by atoms with Crippen LogP contribution in [0.25, 0.3) is 11.1 Å². The van der Waals surface area contributed by atoms with E-state index in [1.165, 1.54) is 23.4 Å². The summed E-state index contributed by atoms with van der Waals surface area (Å²) in [5.41, 5.74) is 4.76. The van der Waals surface area contributed by atoms with Crippen LogP contribution in [0.4, 0.5) is 4.39 Å². The van der Waals surface area contributed by atoms with E-state index in [-0.39, 0.29) is 5.82 Å². The van der Waals surface area contributed by atoms with Crippen molar-refractivity contribution in [1.29, 1.82) is 0 Å². The molecule has 1 aromatic heterocycles. The first kappa shape index (κ1) is 12.3. The molecule has 0 spiro atoms. The topological polar surface area (TPSA) is 17.8 Å². The zero-order chi connectivity index (χ0) is 14.2. The first-order valence-electron chi connectivity index (χ1n) is 7.17. The number of hydrogen-bond acceptors (Lipinski definition) is 1. The quantitative estimate of drug-likeness (QED) is 0.686. The minimum atomic E-state index is -0.199. The van der Waals surface area contributed by atoms with Crippen molar-refractivity contribution < 1.29 is 4.39 Å². The van der Waals surface area contributed by atoms with Gasteiger partial charge in [-0.05, 0) is 35.2 Å². The van der Waals surface area contributed by atoms with Crippen LogP contribution >= 0.6 is 0 Å². The van der Waals surface area contributed by atoms with E-state index < -0.39 is 0 Å². The first-order valence-corrected chi connectivity index (χ1v) is 7.17. The standard InChI is InChI=1S/C18H15FN2/c19-16-6-4-13(5-7-16)14-2-1-3-15(10-14)17-8-9-21-12-20-11-18(17)21/h1-7,10-12,17H,8-9H2. The molecule has 1 unspecified atom stereocenters. The maximum Gasteiger partial charge on any atom is 0.123 e. The molecule has 1 aliphatic rings. The van der Waals surface area contributed by atoms with Gasteiger partial charge in [-0.15, -0.1) is 0 Å². The number of rotatable bonds is 2. The van der Waals surface area contributed by atoms with Crippen LogP contribution in [0.3, 0.4) is 0 Å². The molecule has 0 N–H and O–H groups in total. The molecule has 0 aliphatic carbocycles. The fourth-order valence-corrected chi connectivity index (χ4v) is 3.14. The first-order chi connectivity index (χ1) is 10.3. The van der Waals surface area contributed by atoms with Gasteiger partial charge in [-0.1, -0.05) is 36.4 Å². The molecule has 3 heteroatoms. The summed E-state index contributed by atoms with van der Waals surface area (Å²) in [7, 11) is 0. The molecule has 21 heavy (non-hydrogen) atoms. The predicted molar refractivity (Wildman–Crippen MR) is 80.5 cm³/mol. The van der Waals surface area contributed by atoms with Crippen molar-refractivity contribution in [2.75, 3.05) is 0 Å². The van der Waals surface area contributed by atoms with Crippen LogP contribution in [-0.2, 0) is 6.54 Å². The van der Waals surface area contributed by atoms with Crippen LogP contribution in [0, 0.1) is 5.82 Å². The Morgan fingerprint density at radius 1 is 1.05 bits per heavy atom. The Balaban J connectivity index is 1.72. The van der Waals surface area contributed by atoms with E-state index in [1.54, 1.807) is 0 Å². The number of fused-ring (bicyclic) bond motifs is 1. The lowest BCUT2D eigenvalue weighted by molar-refractivity contribution is 0.628. The van der Waals surface area contributed by atoms with Crippen molar-refractivity contribution in [3.8, 4) is 11.1 Å². The molecule has 0 radical (unpaired) electrons. The number of aryl methyl sites for hydroxylation is 1. The Bertz CT molecular complexity index is 774. The fourth-order valence-electron chi connectivity index (χ4n) is 3.14. The number of aromatic nitrogens is 2. The maximum atomic E-state index is 13.0. The van der Waals surface area contributed by atoms with Gasteiger partial charge >= 0.3 is 0 Å². The molecule has 2 heterocycles. The van der Waals surface area contributed by atoms with Gasteiger partial charge in [0.1, 0.15) is 5.82 Å². The third kappa shape index (κ3) is 2.15. The van der Waals surface area contributed by atoms with Crippen LogP contribution < -0.4 is 0 Å². The number of nitrogens with zero attached hydrogens (tertiary/aromatic N) is 2. The maximum absolute atomic E-state index is 13.0. The lowest BCUT2D eigenvalue weighted by Gasteiger charge is -2.11. The van der Waals surface area contributed by atoms with Crippen LogP contribution in [0.15, 0.2) is 61.1 Å². The Kier molecular flexibility index (Phi) is 2.85. The van der Waals surface area contributed by atoms with Crippen molar-refractivity contribution in [2.24, 2.45) is 0 Å². The van der Waals surface area contributed by atoms with E-state index >= 15 is 0 Å². The van der Waals surface area contributed by atoms with Crippen molar-refractivity contribution in [2.45, 2.75) is 18.9 Å². The van der Waals surface area contributed by atoms with Gasteiger partial charge in [-0.3, -0.25) is 0 Å². The van der Waals surface area contributed by atoms with Gasteiger partial charge in [0.15, 0.2) is 0 Å². The number of halogens is 1. The summed E-state index contributed by atoms with van der Waals surface area (Å²) in [6.45, 7) is 1.03. The molecule has 0 amide bonds. The molecule has 104 valence electrons. The van der Waals surface area contributed by atoms with E-state index in [9.17, 15) is 4.39 Å². The number of imidazole rings is 1. The zero-order valence-electron chi connectivity index (χ0n) is 11.5. The van der Waals surface area contributed by atoms with Gasteiger partial charge in [-0.25, -0.2) is 9.37 Å². The lowest BCUT2D eigenvalue weighted by atomic mass is 9.92. The SMILES string of the molecule is Fc1ccc(-c2cccc(C3CCn4cncc43)c2)cc1. The summed E-state index contributed by atoms with van der Waals surface area (Å²) in [5, 5.41) is 0. The van der Waals surface area contributed by atoms with E-state index in [2.05, 4.69) is 33.8 Å². The van der Waals surface area contributed by atoms with E-state index in [1.807, 2.05) is 24.7 Å². The van der Waals surface area contributed by atoms with Gasteiger partial charge in [-0.2, -0.15) is 0 Å². The van der Waals surface area contributed by atoms with Crippen LogP contribution in [-0.4, -0.2) is 9.55 Å². The summed E-state index contributed by atoms with van der Waals surface area (Å²) in [4.78, 5) is 4.23. The highest BCUT2D eigenvalue weighted by Gasteiger charge is 2.24. The monoisotopic (exact) mass is 278 g/mol. The van der Waals surface area contributed by atoms with E-state index in [0.717, 1.165) is 24.1 Å². The van der Waals surface area contributed by atoms with E-state index in [4.69, 9.17) is 0 Å². The van der Waals surface area contributed by atoms with Crippen molar-refractivity contribution in [3.05, 3.63) is 78.1 Å². The van der Waals surface area contributed by atoms with Crippen LogP contribution in [0.2, 0.25) is 0 Å². The third-order valence-corrected chi connectivity index (χ3v) is 4.23. The van der Waals surface area contributed by atoms with Gasteiger partial charge in [0.2, 0.25) is 0 Å². The Hall–Kier alpha value is -2.42. The zero-order valence-corrected chi connectivity index (χ0v) is 11.5. The molecule has 1 atom stereocenters. The van der Waals surface area contributed by atoms with Gasteiger partial charge in [0.25, 0.3) is 0 Å². The summed E-state index contributed by atoms with van der Waals surface area (Å²) in [6.07, 6.45) is 4.98. The second kappa shape index (κ2) is 4.85. The molecule has 0 saturated heterocycles. The molecular formula is C18H15FN2. The Labute approximate surface area is 122 Å². The normalized spacial score (nSPS) is 16.9. The Morgan fingerprint density at radius 2 is 1.90 bits per heavy atom. The molecule has 2 aromatic carbocycles. The molecule has 4 rings (SSSR count). The average Bonchev–Trinajstić information content (AvgIpc) is 3.11. The highest BCUT2D eigenvalue weighted by Crippen LogP contribution is 2.35. The fraction of sp³-hybridized carbons (Fsp3) is 0.167. The second-order valence-electron chi connectivity index (χ2n) is 5.49. The minimum Gasteiger partial charge on any atom is -0.334 e. The van der Waals surface area contributed by atoms with Gasteiger partial charge < -0.3 is 4.57 Å². The van der Waals surface area contributed by atoms with E-state index in [0.29, 0.717) is 5.92 Å². The largest absolute Gasteiger partial charge is 0.334 e. The molecule has 2 nitrogen and oxygen atoms in total. The molecule has 0 saturated carbocycles. The number of hydrogen-bond donors (Lipinski definition) is 0. The predicted octanol–water partition coefficient (Wildman–Crippen LogP) is 4.22. The van der Waals surface area contributed by atoms with Gasteiger partial charge in [0, 0.05) is 24.4 Å². The number of benzene rings is 2. The summed E-state index contributed by atoms with van der Waals surface area (Å²) >= 11 is 0. The minimum absolute atomic E-state index is 0.199. The smallest absolute Gasteiger partial charge is 0.123 e. The summed E-state index contributed by atoms with van der Waals surface area (Å²) in [6, 6.07) is 15.2. The second-order valence-corrected chi connectivity index (χ2v) is 5.49. The molecular weight excluding hydrogens is 263 g/mol. The average molecular weight is 278 g/mol. The molecule has 0 fully saturated rings. The van der Waals surface area contributed by atoms with Crippen molar-refractivity contribution in [1.82, 2.24) is 9.55 Å². The summed E-state index contributed by atoms with van der Waals surface area (Å²) in [5.74, 6) is 0.211. The highest BCUT2D eigenvalue weighted by molar-refractivity contribution is 5.64. The van der Waals surface area contributed by atoms with Crippen LogP contribution in [0.1, 0.15) is 23.6 Å². The highest BCUT2D eigenvalue weighted by atomic mass is 19.1. The lowest BCUT2D eigenvalue weighted by Crippen LogP contribution is -1.96. The van der Waals surface area contributed by atoms with Crippen LogP contribution in [0.5, 0.6) is 0 Å². The Morgan fingerprint density at radius 3 is 2.76 bits per heavy atom. The molecule has 3 aromatic rings. The van der Waals surface area contributed by atoms with Crippen molar-refractivity contribution >= 4 is 0 Å². The third-order valence-electron chi connectivity index (χ3n) is 4.23. The molecule has 1 aliphatic heterocycles.